The molecule has 2 rings (SSSR count). The number of hydrogen-bond acceptors (Lipinski definition) is 3. The number of hydrogen-bond donors (Lipinski definition) is 1. The van der Waals surface area contributed by atoms with Gasteiger partial charge in [-0.15, -0.1) is 0 Å². The molecular weight excluding hydrogens is 226 g/mol. The summed E-state index contributed by atoms with van der Waals surface area (Å²) in [7, 11) is 1.71. The number of ether oxygens (including phenoxy) is 1. The molecule has 2 aromatic rings. The van der Waals surface area contributed by atoms with Gasteiger partial charge in [0, 0.05) is 13.7 Å². The van der Waals surface area contributed by atoms with Crippen molar-refractivity contribution in [2.45, 2.75) is 26.1 Å². The second-order valence-corrected chi connectivity index (χ2v) is 4.37. The molecule has 0 bridgehead atoms. The summed E-state index contributed by atoms with van der Waals surface area (Å²) in [6.45, 7) is 3.57. The van der Waals surface area contributed by atoms with Gasteiger partial charge >= 0.3 is 0 Å². The summed E-state index contributed by atoms with van der Waals surface area (Å²) < 4.78 is 10.5. The first-order valence-corrected chi connectivity index (χ1v) is 6.13. The molecule has 0 aliphatic heterocycles. The van der Waals surface area contributed by atoms with Crippen molar-refractivity contribution in [2.24, 2.45) is 0 Å². The quantitative estimate of drug-likeness (QED) is 0.848. The van der Waals surface area contributed by atoms with Gasteiger partial charge < -0.3 is 14.5 Å². The van der Waals surface area contributed by atoms with Gasteiger partial charge in [0.1, 0.15) is 5.76 Å². The molecule has 1 aromatic heterocycles. The lowest BCUT2D eigenvalue weighted by Crippen LogP contribution is -2.17. The van der Waals surface area contributed by atoms with E-state index in [4.69, 9.17) is 9.15 Å². The molecule has 96 valence electrons. The van der Waals surface area contributed by atoms with Crippen LogP contribution in [0.5, 0.6) is 0 Å². The number of benzene rings is 1. The Balaban J connectivity index is 1.91. The second-order valence-electron chi connectivity index (χ2n) is 4.37. The van der Waals surface area contributed by atoms with E-state index in [-0.39, 0.29) is 6.04 Å². The number of rotatable bonds is 6. The van der Waals surface area contributed by atoms with E-state index in [0.29, 0.717) is 6.61 Å². The molecule has 0 saturated heterocycles. The van der Waals surface area contributed by atoms with Gasteiger partial charge in [-0.2, -0.15) is 0 Å². The normalized spacial score (nSPS) is 12.6. The van der Waals surface area contributed by atoms with Crippen LogP contribution in [0, 0.1) is 0 Å². The standard InChI is InChI=1S/C15H19NO2/c1-12(15-7-4-8-18-15)16-10-13-5-3-6-14(9-13)11-17-2/h3-9,12,16H,10-11H2,1-2H3/t12-/m1/s1. The van der Waals surface area contributed by atoms with Crippen molar-refractivity contribution in [3.63, 3.8) is 0 Å². The number of furan rings is 1. The van der Waals surface area contributed by atoms with Crippen LogP contribution in [0.25, 0.3) is 0 Å². The molecule has 0 aliphatic carbocycles. The van der Waals surface area contributed by atoms with Crippen molar-refractivity contribution in [2.75, 3.05) is 7.11 Å². The Hall–Kier alpha value is -1.58. The number of methoxy groups -OCH3 is 1. The zero-order chi connectivity index (χ0) is 12.8. The van der Waals surface area contributed by atoms with E-state index >= 15 is 0 Å². The Morgan fingerprint density at radius 3 is 2.78 bits per heavy atom. The van der Waals surface area contributed by atoms with Crippen LogP contribution in [0.4, 0.5) is 0 Å². The summed E-state index contributed by atoms with van der Waals surface area (Å²) in [5.41, 5.74) is 2.45. The zero-order valence-corrected chi connectivity index (χ0v) is 10.8. The minimum atomic E-state index is 0.214. The molecule has 0 aliphatic rings. The van der Waals surface area contributed by atoms with Crippen molar-refractivity contribution in [1.29, 1.82) is 0 Å². The lowest BCUT2D eigenvalue weighted by molar-refractivity contribution is 0.185. The fourth-order valence-corrected chi connectivity index (χ4v) is 1.91. The Morgan fingerprint density at radius 1 is 1.22 bits per heavy atom. The monoisotopic (exact) mass is 245 g/mol. The third-order valence-electron chi connectivity index (χ3n) is 2.88. The molecule has 1 aromatic carbocycles. The lowest BCUT2D eigenvalue weighted by Gasteiger charge is -2.12. The van der Waals surface area contributed by atoms with Crippen molar-refractivity contribution >= 4 is 0 Å². The van der Waals surface area contributed by atoms with Crippen LogP contribution in [-0.4, -0.2) is 7.11 Å². The summed E-state index contributed by atoms with van der Waals surface area (Å²) in [6.07, 6.45) is 1.70. The third-order valence-corrected chi connectivity index (χ3v) is 2.88. The molecule has 3 heteroatoms. The first kappa shape index (κ1) is 12.9. The van der Waals surface area contributed by atoms with E-state index in [9.17, 15) is 0 Å². The van der Waals surface area contributed by atoms with Crippen LogP contribution in [-0.2, 0) is 17.9 Å². The molecule has 0 fully saturated rings. The summed E-state index contributed by atoms with van der Waals surface area (Å²) >= 11 is 0. The maximum Gasteiger partial charge on any atom is 0.120 e. The molecular formula is C15H19NO2. The average molecular weight is 245 g/mol. The largest absolute Gasteiger partial charge is 0.468 e. The maximum absolute atomic E-state index is 5.36. The van der Waals surface area contributed by atoms with Crippen LogP contribution in [0.2, 0.25) is 0 Å². The highest BCUT2D eigenvalue weighted by molar-refractivity contribution is 5.23. The molecule has 1 atom stereocenters. The maximum atomic E-state index is 5.36. The predicted molar refractivity (Wildman–Crippen MR) is 71.1 cm³/mol. The third kappa shape index (κ3) is 3.45. The van der Waals surface area contributed by atoms with E-state index in [0.717, 1.165) is 12.3 Å². The van der Waals surface area contributed by atoms with Crippen LogP contribution < -0.4 is 5.32 Å². The van der Waals surface area contributed by atoms with Gasteiger partial charge in [0.15, 0.2) is 0 Å². The van der Waals surface area contributed by atoms with Crippen molar-refractivity contribution in [3.8, 4) is 0 Å². The Bertz CT molecular complexity index is 465. The van der Waals surface area contributed by atoms with Crippen molar-refractivity contribution in [3.05, 3.63) is 59.5 Å². The summed E-state index contributed by atoms with van der Waals surface area (Å²) in [6, 6.07) is 12.5. The molecule has 0 radical (unpaired) electrons. The Labute approximate surface area is 108 Å². The van der Waals surface area contributed by atoms with Gasteiger partial charge in [0.05, 0.1) is 18.9 Å². The smallest absolute Gasteiger partial charge is 0.120 e. The molecule has 0 amide bonds. The minimum absolute atomic E-state index is 0.214. The van der Waals surface area contributed by atoms with Gasteiger partial charge in [-0.25, -0.2) is 0 Å². The minimum Gasteiger partial charge on any atom is -0.468 e. The molecule has 1 heterocycles. The van der Waals surface area contributed by atoms with E-state index in [1.807, 2.05) is 12.1 Å². The fraction of sp³-hybridized carbons (Fsp3) is 0.333. The zero-order valence-electron chi connectivity index (χ0n) is 10.8. The van der Waals surface area contributed by atoms with Crippen molar-refractivity contribution in [1.82, 2.24) is 5.32 Å². The highest BCUT2D eigenvalue weighted by Crippen LogP contribution is 2.13. The molecule has 1 N–H and O–H groups in total. The Kier molecular flexibility index (Phi) is 4.56. The lowest BCUT2D eigenvalue weighted by atomic mass is 10.1. The molecule has 0 unspecified atom stereocenters. The summed E-state index contributed by atoms with van der Waals surface area (Å²) in [5.74, 6) is 0.961. The van der Waals surface area contributed by atoms with Gasteiger partial charge in [-0.1, -0.05) is 24.3 Å². The number of nitrogens with one attached hydrogen (secondary N) is 1. The van der Waals surface area contributed by atoms with Gasteiger partial charge in [-0.3, -0.25) is 0 Å². The van der Waals surface area contributed by atoms with Gasteiger partial charge in [0.25, 0.3) is 0 Å². The van der Waals surface area contributed by atoms with Crippen LogP contribution in [0.15, 0.2) is 47.1 Å². The summed E-state index contributed by atoms with van der Waals surface area (Å²) in [4.78, 5) is 0. The van der Waals surface area contributed by atoms with Crippen molar-refractivity contribution < 1.29 is 9.15 Å². The average Bonchev–Trinajstić information content (AvgIpc) is 2.91. The van der Waals surface area contributed by atoms with E-state index in [2.05, 4.69) is 36.5 Å². The van der Waals surface area contributed by atoms with Gasteiger partial charge in [-0.05, 0) is 30.2 Å². The molecule has 0 spiro atoms. The molecule has 3 nitrogen and oxygen atoms in total. The molecule has 0 saturated carbocycles. The highest BCUT2D eigenvalue weighted by atomic mass is 16.5. The fourth-order valence-electron chi connectivity index (χ4n) is 1.91. The van der Waals surface area contributed by atoms with Crippen LogP contribution in [0.1, 0.15) is 29.9 Å². The Morgan fingerprint density at radius 2 is 2.06 bits per heavy atom. The van der Waals surface area contributed by atoms with Gasteiger partial charge in [0.2, 0.25) is 0 Å². The topological polar surface area (TPSA) is 34.4 Å². The van der Waals surface area contributed by atoms with E-state index < -0.39 is 0 Å². The van der Waals surface area contributed by atoms with E-state index in [1.165, 1.54) is 11.1 Å². The first-order valence-electron chi connectivity index (χ1n) is 6.13. The highest BCUT2D eigenvalue weighted by Gasteiger charge is 2.07. The molecule has 18 heavy (non-hydrogen) atoms. The second kappa shape index (κ2) is 6.38. The SMILES string of the molecule is COCc1cccc(CN[C@H](C)c2ccco2)c1. The van der Waals surface area contributed by atoms with Crippen LogP contribution in [0.3, 0.4) is 0 Å². The summed E-state index contributed by atoms with van der Waals surface area (Å²) in [5, 5.41) is 3.44. The first-order chi connectivity index (χ1) is 8.79. The van der Waals surface area contributed by atoms with Crippen LogP contribution >= 0.6 is 0 Å². The predicted octanol–water partition coefficient (Wildman–Crippen LogP) is 3.28. The van der Waals surface area contributed by atoms with E-state index in [1.54, 1.807) is 13.4 Å².